The summed E-state index contributed by atoms with van der Waals surface area (Å²) in [6, 6.07) is 2.52. The zero-order valence-corrected chi connectivity index (χ0v) is 11.3. The molecule has 1 atom stereocenters. The van der Waals surface area contributed by atoms with Crippen LogP contribution < -0.4 is 5.32 Å². The van der Waals surface area contributed by atoms with Crippen molar-refractivity contribution in [2.75, 3.05) is 6.54 Å². The molecule has 2 heteroatoms. The molecule has 92 valence electrons. The molecule has 0 fully saturated rings. The van der Waals surface area contributed by atoms with Crippen molar-refractivity contribution in [3.05, 3.63) is 23.7 Å². The molecule has 1 heterocycles. The number of rotatable bonds is 5. The van der Waals surface area contributed by atoms with Crippen LogP contribution in [0.25, 0.3) is 0 Å². The Hall–Kier alpha value is -0.760. The number of aryl methyl sites for hydroxylation is 1. The molecule has 0 aliphatic heterocycles. The van der Waals surface area contributed by atoms with Crippen LogP contribution in [-0.2, 0) is 0 Å². The standard InChI is InChI=1S/C14H25NO/c1-6-15-13(7-9-14(3,4)5)12-8-10-16-11(12)2/h8,10,13,15H,6-7,9H2,1-5H3. The Balaban J connectivity index is 2.65. The molecule has 2 nitrogen and oxygen atoms in total. The number of hydrogen-bond acceptors (Lipinski definition) is 2. The van der Waals surface area contributed by atoms with E-state index in [1.165, 1.54) is 12.0 Å². The van der Waals surface area contributed by atoms with Gasteiger partial charge < -0.3 is 9.73 Å². The first-order valence-electron chi connectivity index (χ1n) is 6.21. The minimum atomic E-state index is 0.394. The second kappa shape index (κ2) is 5.53. The molecule has 1 N–H and O–H groups in total. The van der Waals surface area contributed by atoms with E-state index in [0.29, 0.717) is 11.5 Å². The van der Waals surface area contributed by atoms with Gasteiger partial charge in [0.1, 0.15) is 5.76 Å². The van der Waals surface area contributed by atoms with Gasteiger partial charge in [0.2, 0.25) is 0 Å². The third-order valence-corrected chi connectivity index (χ3v) is 2.91. The van der Waals surface area contributed by atoms with Crippen LogP contribution in [0, 0.1) is 12.3 Å². The van der Waals surface area contributed by atoms with E-state index in [-0.39, 0.29) is 0 Å². The van der Waals surface area contributed by atoms with Gasteiger partial charge in [0.05, 0.1) is 6.26 Å². The van der Waals surface area contributed by atoms with Crippen molar-refractivity contribution in [1.82, 2.24) is 5.32 Å². The normalized spacial score (nSPS) is 14.1. The molecule has 0 bridgehead atoms. The van der Waals surface area contributed by atoms with Gasteiger partial charge in [-0.25, -0.2) is 0 Å². The molecule has 0 aliphatic rings. The van der Waals surface area contributed by atoms with E-state index in [0.717, 1.165) is 18.7 Å². The largest absolute Gasteiger partial charge is 0.469 e. The van der Waals surface area contributed by atoms with Crippen molar-refractivity contribution in [1.29, 1.82) is 0 Å². The summed E-state index contributed by atoms with van der Waals surface area (Å²) < 4.78 is 5.38. The third-order valence-electron chi connectivity index (χ3n) is 2.91. The molecule has 0 radical (unpaired) electrons. The molecule has 0 saturated carbocycles. The predicted octanol–water partition coefficient (Wildman–Crippen LogP) is 4.06. The van der Waals surface area contributed by atoms with Crippen LogP contribution in [-0.4, -0.2) is 6.54 Å². The van der Waals surface area contributed by atoms with Crippen LogP contribution in [0.15, 0.2) is 16.7 Å². The lowest BCUT2D eigenvalue weighted by Crippen LogP contribution is -2.22. The molecular formula is C14H25NO. The van der Waals surface area contributed by atoms with Gasteiger partial charge in [-0.3, -0.25) is 0 Å². The van der Waals surface area contributed by atoms with Gasteiger partial charge in [0.25, 0.3) is 0 Å². The lowest BCUT2D eigenvalue weighted by Gasteiger charge is -2.23. The molecule has 0 aromatic carbocycles. The number of hydrogen-bond donors (Lipinski definition) is 1. The van der Waals surface area contributed by atoms with Crippen LogP contribution in [0.5, 0.6) is 0 Å². The van der Waals surface area contributed by atoms with E-state index in [2.05, 4.69) is 39.1 Å². The highest BCUT2D eigenvalue weighted by Crippen LogP contribution is 2.29. The number of furan rings is 1. The first kappa shape index (κ1) is 13.3. The van der Waals surface area contributed by atoms with Gasteiger partial charge in [0.15, 0.2) is 0 Å². The maximum Gasteiger partial charge on any atom is 0.105 e. The summed E-state index contributed by atoms with van der Waals surface area (Å²) in [5, 5.41) is 3.54. The van der Waals surface area contributed by atoms with Crippen LogP contribution in [0.4, 0.5) is 0 Å². The fraction of sp³-hybridized carbons (Fsp3) is 0.714. The average Bonchev–Trinajstić information content (AvgIpc) is 2.57. The smallest absolute Gasteiger partial charge is 0.105 e. The van der Waals surface area contributed by atoms with Crippen molar-refractivity contribution in [3.8, 4) is 0 Å². The second-order valence-electron chi connectivity index (χ2n) is 5.64. The average molecular weight is 223 g/mol. The number of nitrogens with one attached hydrogen (secondary N) is 1. The summed E-state index contributed by atoms with van der Waals surface area (Å²) in [6.07, 6.45) is 4.17. The molecule has 1 aromatic rings. The van der Waals surface area contributed by atoms with Gasteiger partial charge in [-0.1, -0.05) is 27.7 Å². The summed E-state index contributed by atoms with van der Waals surface area (Å²) in [7, 11) is 0. The molecule has 0 spiro atoms. The van der Waals surface area contributed by atoms with E-state index in [1.807, 2.05) is 6.92 Å². The molecule has 16 heavy (non-hydrogen) atoms. The summed E-state index contributed by atoms with van der Waals surface area (Å²) in [6.45, 7) is 12.1. The van der Waals surface area contributed by atoms with E-state index < -0.39 is 0 Å². The fourth-order valence-electron chi connectivity index (χ4n) is 1.95. The van der Waals surface area contributed by atoms with E-state index in [9.17, 15) is 0 Å². The first-order chi connectivity index (χ1) is 7.44. The van der Waals surface area contributed by atoms with E-state index in [4.69, 9.17) is 4.42 Å². The maximum atomic E-state index is 5.38. The maximum absolute atomic E-state index is 5.38. The minimum Gasteiger partial charge on any atom is -0.469 e. The minimum absolute atomic E-state index is 0.394. The Morgan fingerprint density at radius 1 is 1.38 bits per heavy atom. The van der Waals surface area contributed by atoms with Crippen LogP contribution in [0.3, 0.4) is 0 Å². The summed E-state index contributed by atoms with van der Waals surface area (Å²) in [5.41, 5.74) is 1.71. The Kier molecular flexibility index (Phi) is 4.60. The molecule has 0 saturated heterocycles. The van der Waals surface area contributed by atoms with Gasteiger partial charge in [0, 0.05) is 11.6 Å². The van der Waals surface area contributed by atoms with E-state index in [1.54, 1.807) is 6.26 Å². The van der Waals surface area contributed by atoms with Gasteiger partial charge in [-0.15, -0.1) is 0 Å². The van der Waals surface area contributed by atoms with Crippen LogP contribution in [0.2, 0.25) is 0 Å². The zero-order valence-electron chi connectivity index (χ0n) is 11.3. The van der Waals surface area contributed by atoms with Crippen molar-refractivity contribution in [2.24, 2.45) is 5.41 Å². The summed E-state index contributed by atoms with van der Waals surface area (Å²) >= 11 is 0. The molecule has 1 aromatic heterocycles. The first-order valence-corrected chi connectivity index (χ1v) is 6.21. The Morgan fingerprint density at radius 3 is 2.50 bits per heavy atom. The van der Waals surface area contributed by atoms with Crippen LogP contribution in [0.1, 0.15) is 57.9 Å². The molecule has 0 amide bonds. The second-order valence-corrected chi connectivity index (χ2v) is 5.64. The lowest BCUT2D eigenvalue weighted by molar-refractivity contribution is 0.332. The zero-order chi connectivity index (χ0) is 12.2. The summed E-state index contributed by atoms with van der Waals surface area (Å²) in [4.78, 5) is 0. The highest BCUT2D eigenvalue weighted by atomic mass is 16.3. The van der Waals surface area contributed by atoms with Crippen molar-refractivity contribution in [3.63, 3.8) is 0 Å². The highest BCUT2D eigenvalue weighted by molar-refractivity contribution is 5.20. The van der Waals surface area contributed by atoms with Crippen molar-refractivity contribution < 1.29 is 4.42 Å². The van der Waals surface area contributed by atoms with E-state index >= 15 is 0 Å². The highest BCUT2D eigenvalue weighted by Gasteiger charge is 2.18. The Bertz CT molecular complexity index is 309. The van der Waals surface area contributed by atoms with Gasteiger partial charge in [-0.05, 0) is 37.8 Å². The molecule has 1 rings (SSSR count). The molecule has 1 unspecified atom stereocenters. The predicted molar refractivity (Wildman–Crippen MR) is 68.6 cm³/mol. The van der Waals surface area contributed by atoms with Crippen molar-refractivity contribution in [2.45, 2.75) is 53.5 Å². The quantitative estimate of drug-likeness (QED) is 0.814. The SMILES string of the molecule is CCNC(CCC(C)(C)C)c1ccoc1C. The van der Waals surface area contributed by atoms with Gasteiger partial charge in [-0.2, -0.15) is 0 Å². The lowest BCUT2D eigenvalue weighted by atomic mass is 9.87. The molecular weight excluding hydrogens is 198 g/mol. The fourth-order valence-corrected chi connectivity index (χ4v) is 1.95. The Morgan fingerprint density at radius 2 is 2.06 bits per heavy atom. The van der Waals surface area contributed by atoms with Crippen LogP contribution >= 0.6 is 0 Å². The third kappa shape index (κ3) is 4.01. The molecule has 0 aliphatic carbocycles. The summed E-state index contributed by atoms with van der Waals surface area (Å²) in [5.74, 6) is 1.04. The monoisotopic (exact) mass is 223 g/mol. The van der Waals surface area contributed by atoms with Crippen molar-refractivity contribution >= 4 is 0 Å². The Labute approximate surface area is 99.4 Å². The topological polar surface area (TPSA) is 25.2 Å². The van der Waals surface area contributed by atoms with Gasteiger partial charge >= 0.3 is 0 Å².